The van der Waals surface area contributed by atoms with Crippen molar-refractivity contribution >= 4 is 16.9 Å². The number of aryl methyl sites for hydroxylation is 2. The first-order chi connectivity index (χ1) is 12.4. The number of nitrogens with zero attached hydrogens (tertiary/aromatic N) is 1. The Morgan fingerprint density at radius 3 is 2.69 bits per heavy atom. The highest BCUT2D eigenvalue weighted by Gasteiger charge is 2.16. The third kappa shape index (κ3) is 3.91. The van der Waals surface area contributed by atoms with Crippen LogP contribution in [0.4, 0.5) is 0 Å². The Labute approximate surface area is 150 Å². The molecule has 2 aromatic carbocycles. The molecule has 1 aromatic heterocycles. The first kappa shape index (κ1) is 17.7. The lowest BCUT2D eigenvalue weighted by atomic mass is 10.1. The van der Waals surface area contributed by atoms with Gasteiger partial charge in [0.25, 0.3) is 5.56 Å². The number of H-pyrrole nitrogens is 1. The molecule has 0 unspecified atom stereocenters. The third-order valence-corrected chi connectivity index (χ3v) is 4.16. The second-order valence-electron chi connectivity index (χ2n) is 6.14. The number of ether oxygens (including phenoxy) is 2. The average molecular weight is 352 g/mol. The highest BCUT2D eigenvalue weighted by atomic mass is 16.6. The molecule has 26 heavy (non-hydrogen) atoms. The van der Waals surface area contributed by atoms with Crippen LogP contribution < -0.4 is 10.3 Å². The minimum Gasteiger partial charge on any atom is -0.482 e. The van der Waals surface area contributed by atoms with E-state index in [1.807, 2.05) is 26.0 Å². The van der Waals surface area contributed by atoms with Gasteiger partial charge in [-0.2, -0.15) is 0 Å². The van der Waals surface area contributed by atoms with E-state index in [0.29, 0.717) is 22.5 Å². The summed E-state index contributed by atoms with van der Waals surface area (Å²) in [5, 5.41) is 0.493. The molecule has 1 N–H and O–H groups in total. The molecular formula is C20H20N2O4. The number of carbonyl (C=O) groups is 1. The van der Waals surface area contributed by atoms with E-state index in [9.17, 15) is 9.59 Å². The molecule has 6 nitrogen and oxygen atoms in total. The number of hydrogen-bond donors (Lipinski definition) is 1. The van der Waals surface area contributed by atoms with Crippen LogP contribution in [0.2, 0.25) is 0 Å². The Morgan fingerprint density at radius 2 is 1.92 bits per heavy atom. The number of benzene rings is 2. The van der Waals surface area contributed by atoms with Crippen molar-refractivity contribution in [1.29, 1.82) is 0 Å². The maximum absolute atomic E-state index is 12.1. The number of fused-ring (bicyclic) bond motifs is 1. The van der Waals surface area contributed by atoms with Gasteiger partial charge in [-0.25, -0.2) is 9.78 Å². The molecule has 0 radical (unpaired) electrons. The molecule has 0 spiro atoms. The highest BCUT2D eigenvalue weighted by Crippen LogP contribution is 2.17. The summed E-state index contributed by atoms with van der Waals surface area (Å²) in [6.07, 6.45) is -0.692. The van der Waals surface area contributed by atoms with Gasteiger partial charge >= 0.3 is 5.97 Å². The first-order valence-corrected chi connectivity index (χ1v) is 8.32. The van der Waals surface area contributed by atoms with Gasteiger partial charge in [-0.3, -0.25) is 4.79 Å². The van der Waals surface area contributed by atoms with Crippen molar-refractivity contribution in [2.75, 3.05) is 6.61 Å². The monoisotopic (exact) mass is 352 g/mol. The Morgan fingerprint density at radius 1 is 1.15 bits per heavy atom. The molecular weight excluding hydrogens is 332 g/mol. The minimum atomic E-state index is -0.692. The summed E-state index contributed by atoms with van der Waals surface area (Å²) in [6, 6.07) is 12.6. The van der Waals surface area contributed by atoms with E-state index in [1.54, 1.807) is 37.3 Å². The molecule has 0 saturated carbocycles. The van der Waals surface area contributed by atoms with Gasteiger partial charge in [0.2, 0.25) is 0 Å². The maximum Gasteiger partial charge on any atom is 0.344 e. The van der Waals surface area contributed by atoms with Crippen molar-refractivity contribution in [2.24, 2.45) is 0 Å². The topological polar surface area (TPSA) is 81.3 Å². The van der Waals surface area contributed by atoms with Gasteiger partial charge in [-0.05, 0) is 56.2 Å². The van der Waals surface area contributed by atoms with Crippen LogP contribution in [-0.2, 0) is 9.53 Å². The van der Waals surface area contributed by atoms with E-state index < -0.39 is 12.1 Å². The van der Waals surface area contributed by atoms with Crippen molar-refractivity contribution in [3.05, 3.63) is 69.8 Å². The Kier molecular flexibility index (Phi) is 5.02. The molecule has 0 aliphatic heterocycles. The molecule has 3 aromatic rings. The van der Waals surface area contributed by atoms with Gasteiger partial charge in [-0.1, -0.05) is 18.2 Å². The molecule has 0 saturated heterocycles. The van der Waals surface area contributed by atoms with Gasteiger partial charge < -0.3 is 14.5 Å². The van der Waals surface area contributed by atoms with E-state index in [2.05, 4.69) is 9.97 Å². The largest absolute Gasteiger partial charge is 0.482 e. The van der Waals surface area contributed by atoms with Crippen LogP contribution in [0.3, 0.4) is 0 Å². The molecule has 1 atom stereocenters. The van der Waals surface area contributed by atoms with Gasteiger partial charge in [-0.15, -0.1) is 0 Å². The summed E-state index contributed by atoms with van der Waals surface area (Å²) in [5.74, 6) is 0.370. The lowest BCUT2D eigenvalue weighted by Gasteiger charge is -2.14. The highest BCUT2D eigenvalue weighted by molar-refractivity contribution is 5.77. The van der Waals surface area contributed by atoms with Crippen LogP contribution in [-0.4, -0.2) is 22.5 Å². The minimum absolute atomic E-state index is 0.218. The molecule has 0 amide bonds. The van der Waals surface area contributed by atoms with E-state index in [4.69, 9.17) is 9.47 Å². The second kappa shape index (κ2) is 7.39. The fourth-order valence-electron chi connectivity index (χ4n) is 2.53. The molecule has 0 fully saturated rings. The number of aromatic nitrogens is 2. The molecule has 3 rings (SSSR count). The van der Waals surface area contributed by atoms with E-state index in [1.165, 1.54) is 0 Å². The number of nitrogens with one attached hydrogen (secondary N) is 1. The van der Waals surface area contributed by atoms with Crippen LogP contribution in [0.1, 0.15) is 30.0 Å². The Hall–Kier alpha value is -3.15. The summed E-state index contributed by atoms with van der Waals surface area (Å²) in [6.45, 7) is 5.42. The van der Waals surface area contributed by atoms with Crippen molar-refractivity contribution in [2.45, 2.75) is 26.9 Å². The first-order valence-electron chi connectivity index (χ1n) is 8.32. The molecule has 0 aliphatic rings. The number of hydrogen-bond acceptors (Lipinski definition) is 5. The van der Waals surface area contributed by atoms with Crippen LogP contribution in [0.15, 0.2) is 47.3 Å². The summed E-state index contributed by atoms with van der Waals surface area (Å²) in [7, 11) is 0. The van der Waals surface area contributed by atoms with Gasteiger partial charge in [0, 0.05) is 0 Å². The lowest BCUT2D eigenvalue weighted by molar-refractivity contribution is -0.151. The fraction of sp³-hybridized carbons (Fsp3) is 0.250. The third-order valence-electron chi connectivity index (χ3n) is 4.16. The number of rotatable bonds is 5. The van der Waals surface area contributed by atoms with Crippen LogP contribution >= 0.6 is 0 Å². The van der Waals surface area contributed by atoms with E-state index >= 15 is 0 Å². The molecule has 0 bridgehead atoms. The molecule has 6 heteroatoms. The zero-order chi connectivity index (χ0) is 18.7. The summed E-state index contributed by atoms with van der Waals surface area (Å²) in [4.78, 5) is 31.1. The molecule has 1 heterocycles. The number of carbonyl (C=O) groups excluding carboxylic acids is 1. The van der Waals surface area contributed by atoms with Gasteiger partial charge in [0.05, 0.1) is 10.9 Å². The quantitative estimate of drug-likeness (QED) is 0.713. The van der Waals surface area contributed by atoms with Gasteiger partial charge in [0.1, 0.15) is 5.75 Å². The summed E-state index contributed by atoms with van der Waals surface area (Å²) >= 11 is 0. The Bertz CT molecular complexity index is 1010. The second-order valence-corrected chi connectivity index (χ2v) is 6.14. The average Bonchev–Trinajstić information content (AvgIpc) is 2.62. The van der Waals surface area contributed by atoms with Crippen molar-refractivity contribution in [1.82, 2.24) is 9.97 Å². The van der Waals surface area contributed by atoms with Crippen LogP contribution in [0.5, 0.6) is 5.75 Å². The molecule has 0 aliphatic carbocycles. The maximum atomic E-state index is 12.1. The molecule has 134 valence electrons. The van der Waals surface area contributed by atoms with E-state index in [0.717, 1.165) is 11.1 Å². The predicted molar refractivity (Wildman–Crippen MR) is 98.3 cm³/mol. The number of para-hydroxylation sites is 1. The summed E-state index contributed by atoms with van der Waals surface area (Å²) < 4.78 is 10.8. The SMILES string of the molecule is Cc1ccc(OCC(=O)O[C@@H](C)c2nc3ccccc3c(=O)[nH]2)cc1C. The van der Waals surface area contributed by atoms with Crippen molar-refractivity contribution in [3.63, 3.8) is 0 Å². The summed E-state index contributed by atoms with van der Waals surface area (Å²) in [5.41, 5.74) is 2.53. The smallest absolute Gasteiger partial charge is 0.344 e. The fourth-order valence-corrected chi connectivity index (χ4v) is 2.53. The van der Waals surface area contributed by atoms with Crippen LogP contribution in [0.25, 0.3) is 10.9 Å². The normalized spacial score (nSPS) is 12.0. The number of aromatic amines is 1. The zero-order valence-electron chi connectivity index (χ0n) is 14.9. The van der Waals surface area contributed by atoms with Crippen molar-refractivity contribution < 1.29 is 14.3 Å². The predicted octanol–water partition coefficient (Wildman–Crippen LogP) is 3.22. The van der Waals surface area contributed by atoms with Crippen LogP contribution in [0, 0.1) is 13.8 Å². The Balaban J connectivity index is 1.65. The van der Waals surface area contributed by atoms with Gasteiger partial charge in [0.15, 0.2) is 18.5 Å². The standard InChI is InChI=1S/C20H20N2O4/c1-12-8-9-15(10-13(12)2)25-11-18(23)26-14(3)19-21-17-7-5-4-6-16(17)20(24)22-19/h4-10,14H,11H2,1-3H3,(H,21,22,24)/t14-/m0/s1. The lowest BCUT2D eigenvalue weighted by Crippen LogP contribution is -2.20. The number of esters is 1. The van der Waals surface area contributed by atoms with Crippen molar-refractivity contribution in [3.8, 4) is 5.75 Å². The van der Waals surface area contributed by atoms with E-state index in [-0.39, 0.29) is 12.2 Å². The zero-order valence-corrected chi connectivity index (χ0v) is 14.9.